The van der Waals surface area contributed by atoms with E-state index < -0.39 is 0 Å². The minimum absolute atomic E-state index is 0.563. The van der Waals surface area contributed by atoms with Gasteiger partial charge in [0.2, 0.25) is 0 Å². The molecule has 1 aliphatic rings. The summed E-state index contributed by atoms with van der Waals surface area (Å²) in [5.41, 5.74) is 5.25. The molecule has 2 nitrogen and oxygen atoms in total. The highest BCUT2D eigenvalue weighted by atomic mass is 16.3. The molecular formula is C19H19NO. The van der Waals surface area contributed by atoms with Gasteiger partial charge in [-0.05, 0) is 36.5 Å². The van der Waals surface area contributed by atoms with Gasteiger partial charge < -0.3 is 9.73 Å². The minimum atomic E-state index is 0.563. The van der Waals surface area contributed by atoms with Gasteiger partial charge in [0.25, 0.3) is 0 Å². The zero-order valence-corrected chi connectivity index (χ0v) is 12.0. The average Bonchev–Trinajstić information content (AvgIpc) is 2.96. The van der Waals surface area contributed by atoms with Crippen molar-refractivity contribution in [3.63, 3.8) is 0 Å². The largest absolute Gasteiger partial charge is 0.464 e. The van der Waals surface area contributed by atoms with E-state index in [0.717, 1.165) is 18.5 Å². The molecule has 1 unspecified atom stereocenters. The SMILES string of the molecule is c1ccc2c(c1)CCC(NCc1coc3ccccc13)C2. The molecule has 1 aromatic heterocycles. The molecule has 0 amide bonds. The van der Waals surface area contributed by atoms with Crippen molar-refractivity contribution in [2.45, 2.75) is 31.8 Å². The van der Waals surface area contributed by atoms with Gasteiger partial charge >= 0.3 is 0 Å². The van der Waals surface area contributed by atoms with E-state index in [0.29, 0.717) is 6.04 Å². The van der Waals surface area contributed by atoms with Gasteiger partial charge in [-0.25, -0.2) is 0 Å². The van der Waals surface area contributed by atoms with Crippen molar-refractivity contribution < 1.29 is 4.42 Å². The lowest BCUT2D eigenvalue weighted by molar-refractivity contribution is 0.456. The van der Waals surface area contributed by atoms with E-state index in [1.54, 1.807) is 0 Å². The van der Waals surface area contributed by atoms with Crippen molar-refractivity contribution in [2.24, 2.45) is 0 Å². The van der Waals surface area contributed by atoms with Crippen LogP contribution in [0.4, 0.5) is 0 Å². The van der Waals surface area contributed by atoms with Crippen LogP contribution in [0.15, 0.2) is 59.2 Å². The van der Waals surface area contributed by atoms with E-state index in [1.807, 2.05) is 18.4 Å². The summed E-state index contributed by atoms with van der Waals surface area (Å²) in [6, 6.07) is 17.6. The number of fused-ring (bicyclic) bond motifs is 2. The zero-order chi connectivity index (χ0) is 14.1. The van der Waals surface area contributed by atoms with Crippen molar-refractivity contribution >= 4 is 11.0 Å². The number of furan rings is 1. The predicted octanol–water partition coefficient (Wildman–Crippen LogP) is 4.08. The summed E-state index contributed by atoms with van der Waals surface area (Å²) in [6.07, 6.45) is 5.41. The van der Waals surface area contributed by atoms with Crippen LogP contribution in [0, 0.1) is 0 Å². The monoisotopic (exact) mass is 277 g/mol. The van der Waals surface area contributed by atoms with Crippen LogP contribution in [0.5, 0.6) is 0 Å². The smallest absolute Gasteiger partial charge is 0.134 e. The molecule has 1 aliphatic carbocycles. The molecule has 0 saturated carbocycles. The van der Waals surface area contributed by atoms with Crippen molar-refractivity contribution in [2.75, 3.05) is 0 Å². The molecule has 0 saturated heterocycles. The first kappa shape index (κ1) is 12.7. The maximum Gasteiger partial charge on any atom is 0.134 e. The summed E-state index contributed by atoms with van der Waals surface area (Å²) >= 11 is 0. The Labute approximate surface area is 124 Å². The summed E-state index contributed by atoms with van der Waals surface area (Å²) in [5, 5.41) is 4.92. The first-order chi connectivity index (χ1) is 10.4. The van der Waals surface area contributed by atoms with Crippen LogP contribution >= 0.6 is 0 Å². The number of aryl methyl sites for hydroxylation is 1. The van der Waals surface area contributed by atoms with Crippen molar-refractivity contribution in [3.8, 4) is 0 Å². The van der Waals surface area contributed by atoms with E-state index in [-0.39, 0.29) is 0 Å². The Morgan fingerprint density at radius 2 is 1.81 bits per heavy atom. The Morgan fingerprint density at radius 3 is 2.76 bits per heavy atom. The fourth-order valence-corrected chi connectivity index (χ4v) is 3.30. The Bertz CT molecular complexity index is 759. The van der Waals surface area contributed by atoms with Gasteiger partial charge in [0.15, 0.2) is 0 Å². The maximum atomic E-state index is 5.61. The number of hydrogen-bond donors (Lipinski definition) is 1. The number of benzene rings is 2. The molecular weight excluding hydrogens is 258 g/mol. The molecule has 2 heteroatoms. The second kappa shape index (κ2) is 5.38. The van der Waals surface area contributed by atoms with Gasteiger partial charge in [-0.15, -0.1) is 0 Å². The van der Waals surface area contributed by atoms with E-state index in [1.165, 1.54) is 34.9 Å². The second-order valence-electron chi connectivity index (χ2n) is 5.85. The Kier molecular flexibility index (Phi) is 3.24. The summed E-state index contributed by atoms with van der Waals surface area (Å²) < 4.78 is 5.61. The van der Waals surface area contributed by atoms with Gasteiger partial charge in [-0.2, -0.15) is 0 Å². The fraction of sp³-hybridized carbons (Fsp3) is 0.263. The van der Waals surface area contributed by atoms with Gasteiger partial charge in [-0.3, -0.25) is 0 Å². The van der Waals surface area contributed by atoms with E-state index >= 15 is 0 Å². The van der Waals surface area contributed by atoms with Crippen LogP contribution in [0.2, 0.25) is 0 Å². The lowest BCUT2D eigenvalue weighted by Gasteiger charge is -2.25. The number of rotatable bonds is 3. The second-order valence-corrected chi connectivity index (χ2v) is 5.85. The number of hydrogen-bond acceptors (Lipinski definition) is 2. The molecule has 0 spiro atoms. The third kappa shape index (κ3) is 2.47. The van der Waals surface area contributed by atoms with E-state index in [9.17, 15) is 0 Å². The number of para-hydroxylation sites is 1. The Morgan fingerprint density at radius 1 is 1.00 bits per heavy atom. The van der Waals surface area contributed by atoms with Crippen molar-refractivity contribution in [1.29, 1.82) is 0 Å². The van der Waals surface area contributed by atoms with Crippen LogP contribution in [-0.2, 0) is 19.4 Å². The van der Waals surface area contributed by atoms with Crippen LogP contribution in [0.1, 0.15) is 23.1 Å². The highest BCUT2D eigenvalue weighted by molar-refractivity contribution is 5.80. The molecule has 1 N–H and O–H groups in total. The normalized spacial score (nSPS) is 17.8. The molecule has 1 atom stereocenters. The predicted molar refractivity (Wildman–Crippen MR) is 85.3 cm³/mol. The molecule has 0 fully saturated rings. The van der Waals surface area contributed by atoms with E-state index in [2.05, 4.69) is 41.7 Å². The molecule has 1 heterocycles. The molecule has 3 aromatic rings. The molecule has 4 rings (SSSR count). The molecule has 2 aromatic carbocycles. The average molecular weight is 277 g/mol. The third-order valence-corrected chi connectivity index (χ3v) is 4.49. The standard InChI is InChI=1S/C19H19NO/c1-2-6-15-11-17(10-9-14(15)5-1)20-12-16-13-21-19-8-4-3-7-18(16)19/h1-8,13,17,20H,9-12H2. The summed E-state index contributed by atoms with van der Waals surface area (Å²) in [5.74, 6) is 0. The molecule has 21 heavy (non-hydrogen) atoms. The van der Waals surface area contributed by atoms with Crippen LogP contribution < -0.4 is 5.32 Å². The van der Waals surface area contributed by atoms with Gasteiger partial charge in [0.1, 0.15) is 5.58 Å². The third-order valence-electron chi connectivity index (χ3n) is 4.49. The minimum Gasteiger partial charge on any atom is -0.464 e. The summed E-state index contributed by atoms with van der Waals surface area (Å²) in [6.45, 7) is 0.879. The zero-order valence-electron chi connectivity index (χ0n) is 12.0. The first-order valence-electron chi connectivity index (χ1n) is 7.65. The van der Waals surface area contributed by atoms with Gasteiger partial charge in [0, 0.05) is 23.5 Å². The molecule has 0 aliphatic heterocycles. The Balaban J connectivity index is 1.46. The lowest BCUT2D eigenvalue weighted by Crippen LogP contribution is -2.34. The van der Waals surface area contributed by atoms with Crippen LogP contribution in [-0.4, -0.2) is 6.04 Å². The quantitative estimate of drug-likeness (QED) is 0.780. The van der Waals surface area contributed by atoms with Crippen LogP contribution in [0.25, 0.3) is 11.0 Å². The summed E-state index contributed by atoms with van der Waals surface area (Å²) in [7, 11) is 0. The fourth-order valence-electron chi connectivity index (χ4n) is 3.30. The van der Waals surface area contributed by atoms with Gasteiger partial charge in [0.05, 0.1) is 6.26 Å². The Hall–Kier alpha value is -2.06. The number of nitrogens with one attached hydrogen (secondary N) is 1. The van der Waals surface area contributed by atoms with E-state index in [4.69, 9.17) is 4.42 Å². The first-order valence-corrected chi connectivity index (χ1v) is 7.65. The highest BCUT2D eigenvalue weighted by Gasteiger charge is 2.18. The molecule has 0 radical (unpaired) electrons. The van der Waals surface area contributed by atoms with Crippen molar-refractivity contribution in [3.05, 3.63) is 71.5 Å². The molecule has 0 bridgehead atoms. The van der Waals surface area contributed by atoms with Gasteiger partial charge in [-0.1, -0.05) is 42.5 Å². The molecule has 106 valence electrons. The maximum absolute atomic E-state index is 5.61. The highest BCUT2D eigenvalue weighted by Crippen LogP contribution is 2.23. The summed E-state index contributed by atoms with van der Waals surface area (Å²) in [4.78, 5) is 0. The van der Waals surface area contributed by atoms with Crippen LogP contribution in [0.3, 0.4) is 0 Å². The lowest BCUT2D eigenvalue weighted by atomic mass is 9.88. The topological polar surface area (TPSA) is 25.2 Å². The van der Waals surface area contributed by atoms with Crippen molar-refractivity contribution in [1.82, 2.24) is 5.32 Å².